The van der Waals surface area contributed by atoms with Crippen molar-refractivity contribution in [3.63, 3.8) is 0 Å². The predicted octanol–water partition coefficient (Wildman–Crippen LogP) is 2.50. The van der Waals surface area contributed by atoms with E-state index >= 15 is 0 Å². The first-order chi connectivity index (χ1) is 10.9. The Morgan fingerprint density at radius 2 is 1.87 bits per heavy atom. The number of aryl methyl sites for hydroxylation is 1. The highest BCUT2D eigenvalue weighted by molar-refractivity contribution is 7.91. The molecule has 2 rings (SSSR count). The smallest absolute Gasteiger partial charge is 0.252 e. The van der Waals surface area contributed by atoms with Crippen molar-refractivity contribution in [2.24, 2.45) is 0 Å². The van der Waals surface area contributed by atoms with E-state index in [0.29, 0.717) is 6.42 Å². The minimum absolute atomic E-state index is 0.0245. The molecule has 0 aliphatic carbocycles. The van der Waals surface area contributed by atoms with Crippen LogP contribution in [-0.2, 0) is 16.4 Å². The number of amides is 1. The van der Waals surface area contributed by atoms with Gasteiger partial charge in [-0.15, -0.1) is 0 Å². The van der Waals surface area contributed by atoms with Gasteiger partial charge in [0, 0.05) is 5.69 Å². The molecular formula is C17H20N2O3S. The van der Waals surface area contributed by atoms with Crippen LogP contribution in [0, 0.1) is 6.92 Å². The lowest BCUT2D eigenvalue weighted by molar-refractivity contribution is 0.0947. The summed E-state index contributed by atoms with van der Waals surface area (Å²) >= 11 is 0. The summed E-state index contributed by atoms with van der Waals surface area (Å²) in [6.07, 6.45) is 0.505. The maximum Gasteiger partial charge on any atom is 0.252 e. The fraction of sp³-hybridized carbons (Fsp3) is 0.294. The summed E-state index contributed by atoms with van der Waals surface area (Å²) in [5, 5.41) is 2.73. The number of hydrogen-bond acceptors (Lipinski definition) is 4. The Balaban J connectivity index is 2.20. The molecule has 6 heteroatoms. The number of carbonyl (C=O) groups excluding carboxylic acids is 1. The van der Waals surface area contributed by atoms with Crippen LogP contribution in [0.5, 0.6) is 0 Å². The van der Waals surface area contributed by atoms with Crippen LogP contribution in [0.1, 0.15) is 35.1 Å². The molecule has 5 nitrogen and oxygen atoms in total. The third kappa shape index (κ3) is 4.39. The van der Waals surface area contributed by atoms with Gasteiger partial charge in [-0.2, -0.15) is 0 Å². The zero-order valence-corrected chi connectivity index (χ0v) is 14.1. The monoisotopic (exact) mass is 332 g/mol. The maximum absolute atomic E-state index is 12.4. The molecule has 0 atom stereocenters. The van der Waals surface area contributed by atoms with E-state index in [1.54, 1.807) is 19.1 Å². The molecule has 1 N–H and O–H groups in total. The van der Waals surface area contributed by atoms with Gasteiger partial charge in [-0.3, -0.25) is 9.78 Å². The Morgan fingerprint density at radius 1 is 1.13 bits per heavy atom. The van der Waals surface area contributed by atoms with Crippen molar-refractivity contribution in [2.75, 3.05) is 5.75 Å². The number of sulfone groups is 1. The first-order valence-electron chi connectivity index (χ1n) is 7.46. The second-order valence-electron chi connectivity index (χ2n) is 5.27. The van der Waals surface area contributed by atoms with Crippen molar-refractivity contribution >= 4 is 15.7 Å². The van der Waals surface area contributed by atoms with E-state index in [4.69, 9.17) is 0 Å². The number of aromatic nitrogens is 1. The van der Waals surface area contributed by atoms with Crippen molar-refractivity contribution in [3.05, 3.63) is 59.4 Å². The van der Waals surface area contributed by atoms with E-state index in [-0.39, 0.29) is 22.8 Å². The van der Waals surface area contributed by atoms with E-state index in [1.165, 1.54) is 12.1 Å². The molecular weight excluding hydrogens is 312 g/mol. The van der Waals surface area contributed by atoms with Gasteiger partial charge in [0.15, 0.2) is 9.84 Å². The molecule has 0 saturated carbocycles. The van der Waals surface area contributed by atoms with E-state index < -0.39 is 15.7 Å². The van der Waals surface area contributed by atoms with Crippen LogP contribution in [0.25, 0.3) is 0 Å². The van der Waals surface area contributed by atoms with E-state index in [0.717, 1.165) is 11.4 Å². The molecule has 0 fully saturated rings. The lowest BCUT2D eigenvalue weighted by atomic mass is 10.2. The molecule has 0 radical (unpaired) electrons. The molecule has 1 aromatic carbocycles. The Kier molecular flexibility index (Phi) is 5.50. The van der Waals surface area contributed by atoms with Gasteiger partial charge in [-0.05, 0) is 37.6 Å². The van der Waals surface area contributed by atoms with Crippen molar-refractivity contribution in [1.29, 1.82) is 0 Å². The number of pyridine rings is 1. The number of benzene rings is 1. The van der Waals surface area contributed by atoms with Gasteiger partial charge in [-0.25, -0.2) is 8.42 Å². The molecule has 122 valence electrons. The Morgan fingerprint density at radius 3 is 2.57 bits per heavy atom. The van der Waals surface area contributed by atoms with Crippen LogP contribution >= 0.6 is 0 Å². The first kappa shape index (κ1) is 17.1. The Hall–Kier alpha value is -2.21. The third-order valence-electron chi connectivity index (χ3n) is 3.32. The summed E-state index contributed by atoms with van der Waals surface area (Å²) in [5.41, 5.74) is 1.77. The highest BCUT2D eigenvalue weighted by atomic mass is 32.2. The molecule has 0 unspecified atom stereocenters. The molecule has 1 aromatic heterocycles. The summed E-state index contributed by atoms with van der Waals surface area (Å²) < 4.78 is 24.6. The number of nitrogens with one attached hydrogen (secondary N) is 1. The maximum atomic E-state index is 12.4. The molecule has 0 spiro atoms. The van der Waals surface area contributed by atoms with Gasteiger partial charge in [0.2, 0.25) is 0 Å². The van der Waals surface area contributed by atoms with Crippen LogP contribution in [-0.4, -0.2) is 25.1 Å². The van der Waals surface area contributed by atoms with Crippen molar-refractivity contribution in [1.82, 2.24) is 10.3 Å². The largest absolute Gasteiger partial charge is 0.346 e. The molecule has 0 aliphatic heterocycles. The lowest BCUT2D eigenvalue weighted by Crippen LogP contribution is -2.25. The van der Waals surface area contributed by atoms with Crippen LogP contribution < -0.4 is 5.32 Å². The van der Waals surface area contributed by atoms with Gasteiger partial charge >= 0.3 is 0 Å². The SMILES string of the molecule is CCCS(=O)(=O)c1ccccc1C(=O)NCc1cccc(C)n1. The van der Waals surface area contributed by atoms with Gasteiger partial charge in [0.05, 0.1) is 28.5 Å². The molecule has 0 bridgehead atoms. The molecule has 23 heavy (non-hydrogen) atoms. The molecule has 1 amide bonds. The molecule has 1 heterocycles. The van der Waals surface area contributed by atoms with Crippen LogP contribution in [0.3, 0.4) is 0 Å². The minimum atomic E-state index is -3.45. The van der Waals surface area contributed by atoms with Crippen molar-refractivity contribution in [2.45, 2.75) is 31.7 Å². The highest BCUT2D eigenvalue weighted by Crippen LogP contribution is 2.18. The summed E-state index contributed by atoms with van der Waals surface area (Å²) in [4.78, 5) is 16.8. The van der Waals surface area contributed by atoms with Crippen molar-refractivity contribution in [3.8, 4) is 0 Å². The van der Waals surface area contributed by atoms with E-state index in [9.17, 15) is 13.2 Å². The number of rotatable bonds is 6. The summed E-state index contributed by atoms with van der Waals surface area (Å²) in [6.45, 7) is 3.92. The fourth-order valence-corrected chi connectivity index (χ4v) is 3.81. The van der Waals surface area contributed by atoms with Gasteiger partial charge in [0.25, 0.3) is 5.91 Å². The Labute approximate surface area is 136 Å². The van der Waals surface area contributed by atoms with Gasteiger partial charge in [0.1, 0.15) is 0 Å². The zero-order valence-electron chi connectivity index (χ0n) is 13.2. The van der Waals surface area contributed by atoms with Crippen LogP contribution in [0.2, 0.25) is 0 Å². The van der Waals surface area contributed by atoms with Crippen LogP contribution in [0.15, 0.2) is 47.4 Å². The summed E-state index contributed by atoms with van der Waals surface area (Å²) in [7, 11) is -3.45. The van der Waals surface area contributed by atoms with E-state index in [1.807, 2.05) is 25.1 Å². The average Bonchev–Trinajstić information content (AvgIpc) is 2.52. The second kappa shape index (κ2) is 7.37. The third-order valence-corrected chi connectivity index (χ3v) is 5.29. The molecule has 2 aromatic rings. The lowest BCUT2D eigenvalue weighted by Gasteiger charge is -2.10. The van der Waals surface area contributed by atoms with Gasteiger partial charge < -0.3 is 5.32 Å². The zero-order chi connectivity index (χ0) is 16.9. The quantitative estimate of drug-likeness (QED) is 0.882. The normalized spacial score (nSPS) is 11.2. The number of hydrogen-bond donors (Lipinski definition) is 1. The number of carbonyl (C=O) groups is 1. The first-order valence-corrected chi connectivity index (χ1v) is 9.12. The van der Waals surface area contributed by atoms with Gasteiger partial charge in [-0.1, -0.05) is 25.1 Å². The van der Waals surface area contributed by atoms with Crippen LogP contribution in [0.4, 0.5) is 0 Å². The summed E-state index contributed by atoms with van der Waals surface area (Å²) in [6, 6.07) is 11.8. The summed E-state index contributed by atoms with van der Waals surface area (Å²) in [5.74, 6) is -0.389. The predicted molar refractivity (Wildman–Crippen MR) is 88.9 cm³/mol. The molecule has 0 aliphatic rings. The van der Waals surface area contributed by atoms with Crippen molar-refractivity contribution < 1.29 is 13.2 Å². The number of nitrogens with zero attached hydrogens (tertiary/aromatic N) is 1. The van der Waals surface area contributed by atoms with E-state index in [2.05, 4.69) is 10.3 Å². The highest BCUT2D eigenvalue weighted by Gasteiger charge is 2.21. The minimum Gasteiger partial charge on any atom is -0.346 e. The fourth-order valence-electron chi connectivity index (χ4n) is 2.27. The average molecular weight is 332 g/mol. The second-order valence-corrected chi connectivity index (χ2v) is 7.35. The standard InChI is InChI=1S/C17H20N2O3S/c1-3-11-23(21,22)16-10-5-4-9-15(16)17(20)18-12-14-8-6-7-13(2)19-14/h4-10H,3,11-12H2,1-2H3,(H,18,20). The topological polar surface area (TPSA) is 76.1 Å². The molecule has 0 saturated heterocycles. The Bertz CT molecular complexity index is 801.